The molecule has 0 saturated carbocycles. The third-order valence-corrected chi connectivity index (χ3v) is 7.35. The summed E-state index contributed by atoms with van der Waals surface area (Å²) in [6.45, 7) is 12.0. The van der Waals surface area contributed by atoms with E-state index in [1.165, 1.54) is 16.0 Å². The first-order valence-corrected chi connectivity index (χ1v) is 12.6. The van der Waals surface area contributed by atoms with Gasteiger partial charge in [0.05, 0.1) is 12.6 Å². The van der Waals surface area contributed by atoms with E-state index in [4.69, 9.17) is 4.74 Å². The number of nitrogens with zero attached hydrogens (tertiary/aromatic N) is 2. The lowest BCUT2D eigenvalue weighted by atomic mass is 10.00. The Morgan fingerprint density at radius 3 is 2.72 bits per heavy atom. The van der Waals surface area contributed by atoms with E-state index in [2.05, 4.69) is 38.3 Å². The number of fused-ring (bicyclic) bond motifs is 1. The number of hydrogen-bond acceptors (Lipinski definition) is 4. The van der Waals surface area contributed by atoms with Crippen molar-refractivity contribution in [1.29, 1.82) is 0 Å². The lowest BCUT2D eigenvalue weighted by molar-refractivity contribution is -0.143. The van der Waals surface area contributed by atoms with E-state index < -0.39 is 0 Å². The fraction of sp³-hybridized carbons (Fsp3) is 0.538. The van der Waals surface area contributed by atoms with Crippen molar-refractivity contribution in [3.05, 3.63) is 51.2 Å². The quantitative estimate of drug-likeness (QED) is 0.524. The molecule has 0 saturated heterocycles. The summed E-state index contributed by atoms with van der Waals surface area (Å²) in [5, 5.41) is 2.10. The van der Waals surface area contributed by atoms with Gasteiger partial charge in [0.2, 0.25) is 11.8 Å². The molecule has 0 bridgehead atoms. The van der Waals surface area contributed by atoms with E-state index in [0.29, 0.717) is 32.0 Å². The van der Waals surface area contributed by atoms with Crippen molar-refractivity contribution in [3.63, 3.8) is 0 Å². The van der Waals surface area contributed by atoms with E-state index in [9.17, 15) is 9.59 Å². The van der Waals surface area contributed by atoms with Crippen molar-refractivity contribution in [2.75, 3.05) is 26.2 Å². The molecular weight excluding hydrogens is 420 g/mol. The van der Waals surface area contributed by atoms with Crippen molar-refractivity contribution in [3.8, 4) is 5.75 Å². The SMILES string of the molecule is CCC(=O)N(CC(=O)N1CCc2sccc2[C@H]1COc1ccc(C)cc1C)C[C@H](C)CC. The Hall–Kier alpha value is -2.34. The Morgan fingerprint density at radius 2 is 2.03 bits per heavy atom. The van der Waals surface area contributed by atoms with Gasteiger partial charge in [-0.25, -0.2) is 0 Å². The highest BCUT2D eigenvalue weighted by Crippen LogP contribution is 2.34. The lowest BCUT2D eigenvalue weighted by Gasteiger charge is -2.37. The highest BCUT2D eigenvalue weighted by molar-refractivity contribution is 7.10. The molecule has 0 spiro atoms. The van der Waals surface area contributed by atoms with Crippen molar-refractivity contribution in [2.24, 2.45) is 5.92 Å². The summed E-state index contributed by atoms with van der Waals surface area (Å²) in [5.41, 5.74) is 3.47. The van der Waals surface area contributed by atoms with E-state index in [-0.39, 0.29) is 24.4 Å². The summed E-state index contributed by atoms with van der Waals surface area (Å²) in [4.78, 5) is 31.0. The van der Waals surface area contributed by atoms with Crippen LogP contribution in [0.2, 0.25) is 0 Å². The molecule has 0 radical (unpaired) electrons. The molecule has 1 aromatic heterocycles. The van der Waals surface area contributed by atoms with Crippen LogP contribution in [-0.4, -0.2) is 47.9 Å². The normalized spacial score (nSPS) is 16.4. The molecule has 32 heavy (non-hydrogen) atoms. The third-order valence-electron chi connectivity index (χ3n) is 6.35. The minimum Gasteiger partial charge on any atom is -0.491 e. The van der Waals surface area contributed by atoms with Gasteiger partial charge in [0.15, 0.2) is 0 Å². The first kappa shape index (κ1) is 24.3. The molecule has 2 heterocycles. The van der Waals surface area contributed by atoms with Gasteiger partial charge in [0.1, 0.15) is 12.4 Å². The standard InChI is InChI=1S/C26H36N2O3S/c1-6-18(3)15-27(25(29)7-2)16-26(30)28-12-10-24-21(11-13-32-24)22(28)17-31-23-9-8-19(4)14-20(23)5/h8-9,11,13-14,18,22H,6-7,10,12,15-17H2,1-5H3/t18-,22-/m1/s1. The highest BCUT2D eigenvalue weighted by Gasteiger charge is 2.33. The number of rotatable bonds is 9. The predicted octanol–water partition coefficient (Wildman–Crippen LogP) is 5.15. The molecule has 2 atom stereocenters. The maximum Gasteiger partial charge on any atom is 0.242 e. The van der Waals surface area contributed by atoms with E-state index >= 15 is 0 Å². The van der Waals surface area contributed by atoms with Crippen LogP contribution in [0.1, 0.15) is 61.2 Å². The minimum atomic E-state index is -0.139. The average Bonchev–Trinajstić information content (AvgIpc) is 3.26. The molecule has 0 unspecified atom stereocenters. The zero-order chi connectivity index (χ0) is 23.3. The zero-order valence-electron chi connectivity index (χ0n) is 20.0. The van der Waals surface area contributed by atoms with Crippen LogP contribution in [0.3, 0.4) is 0 Å². The van der Waals surface area contributed by atoms with Gasteiger partial charge in [0.25, 0.3) is 0 Å². The smallest absolute Gasteiger partial charge is 0.242 e. The Bertz CT molecular complexity index is 939. The second-order valence-corrected chi connectivity index (χ2v) is 9.87. The lowest BCUT2D eigenvalue weighted by Crippen LogP contribution is -2.48. The molecule has 2 amide bonds. The average molecular weight is 457 g/mol. The summed E-state index contributed by atoms with van der Waals surface area (Å²) in [5.74, 6) is 1.26. The molecule has 0 aliphatic carbocycles. The summed E-state index contributed by atoms with van der Waals surface area (Å²) in [6, 6.07) is 8.13. The molecule has 1 aliphatic rings. The third kappa shape index (κ3) is 5.71. The van der Waals surface area contributed by atoms with Crippen molar-refractivity contribution in [1.82, 2.24) is 9.80 Å². The van der Waals surface area contributed by atoms with Gasteiger partial charge in [-0.1, -0.05) is 44.9 Å². The van der Waals surface area contributed by atoms with Crippen LogP contribution in [0, 0.1) is 19.8 Å². The van der Waals surface area contributed by atoms with Crippen LogP contribution < -0.4 is 4.74 Å². The molecule has 174 valence electrons. The molecule has 0 N–H and O–H groups in total. The maximum absolute atomic E-state index is 13.4. The topological polar surface area (TPSA) is 49.9 Å². The van der Waals surface area contributed by atoms with E-state index in [0.717, 1.165) is 24.2 Å². The summed E-state index contributed by atoms with van der Waals surface area (Å²) < 4.78 is 6.22. The van der Waals surface area contributed by atoms with Gasteiger partial charge in [-0.3, -0.25) is 9.59 Å². The largest absolute Gasteiger partial charge is 0.491 e. The van der Waals surface area contributed by atoms with Gasteiger partial charge in [-0.2, -0.15) is 0 Å². The monoisotopic (exact) mass is 456 g/mol. The van der Waals surface area contributed by atoms with Crippen LogP contribution >= 0.6 is 11.3 Å². The fourth-order valence-electron chi connectivity index (χ4n) is 4.24. The number of aryl methyl sites for hydroxylation is 2. The number of carbonyl (C=O) groups is 2. The number of carbonyl (C=O) groups excluding carboxylic acids is 2. The maximum atomic E-state index is 13.4. The molecule has 1 aromatic carbocycles. The van der Waals surface area contributed by atoms with Crippen LogP contribution in [0.25, 0.3) is 0 Å². The van der Waals surface area contributed by atoms with Crippen LogP contribution in [-0.2, 0) is 16.0 Å². The molecule has 0 fully saturated rings. The van der Waals surface area contributed by atoms with Gasteiger partial charge in [-0.05, 0) is 54.8 Å². The van der Waals surface area contributed by atoms with Crippen molar-refractivity contribution >= 4 is 23.2 Å². The molecule has 3 rings (SSSR count). The van der Waals surface area contributed by atoms with Gasteiger partial charge in [0, 0.05) is 24.4 Å². The first-order valence-electron chi connectivity index (χ1n) is 11.7. The van der Waals surface area contributed by atoms with Crippen LogP contribution in [0.15, 0.2) is 29.6 Å². The number of thiophene rings is 1. The molecule has 6 heteroatoms. The number of benzene rings is 1. The number of ether oxygens (including phenoxy) is 1. The van der Waals surface area contributed by atoms with E-state index in [1.807, 2.05) is 30.9 Å². The highest BCUT2D eigenvalue weighted by atomic mass is 32.1. The molecule has 1 aliphatic heterocycles. The van der Waals surface area contributed by atoms with Crippen molar-refractivity contribution in [2.45, 2.75) is 59.9 Å². The molecule has 2 aromatic rings. The summed E-state index contributed by atoms with van der Waals surface area (Å²) in [7, 11) is 0. The van der Waals surface area contributed by atoms with Crippen LogP contribution in [0.5, 0.6) is 5.75 Å². The van der Waals surface area contributed by atoms with Gasteiger partial charge >= 0.3 is 0 Å². The second kappa shape index (κ2) is 11.0. The van der Waals surface area contributed by atoms with Gasteiger partial charge in [-0.15, -0.1) is 11.3 Å². The zero-order valence-corrected chi connectivity index (χ0v) is 20.8. The molecule has 5 nitrogen and oxygen atoms in total. The number of amides is 2. The first-order chi connectivity index (χ1) is 15.3. The summed E-state index contributed by atoms with van der Waals surface area (Å²) in [6.07, 6.45) is 2.25. The van der Waals surface area contributed by atoms with Crippen molar-refractivity contribution < 1.29 is 14.3 Å². The Balaban J connectivity index is 1.78. The summed E-state index contributed by atoms with van der Waals surface area (Å²) >= 11 is 1.75. The van der Waals surface area contributed by atoms with Gasteiger partial charge < -0.3 is 14.5 Å². The molecular formula is C26H36N2O3S. The van der Waals surface area contributed by atoms with E-state index in [1.54, 1.807) is 16.2 Å². The Kier molecular flexibility index (Phi) is 8.35. The van der Waals surface area contributed by atoms with Crippen LogP contribution in [0.4, 0.5) is 0 Å². The second-order valence-electron chi connectivity index (χ2n) is 8.87. The fourth-order valence-corrected chi connectivity index (χ4v) is 5.17. The predicted molar refractivity (Wildman–Crippen MR) is 130 cm³/mol. The Labute approximate surface area is 196 Å². The number of hydrogen-bond donors (Lipinski definition) is 0. The Morgan fingerprint density at radius 1 is 1.25 bits per heavy atom. The minimum absolute atomic E-state index is 0.00109.